The average Bonchev–Trinajstić information content (AvgIpc) is 0.948. The van der Waals surface area contributed by atoms with Gasteiger partial charge in [-0.2, -0.15) is 0 Å². The van der Waals surface area contributed by atoms with E-state index >= 15 is 0 Å². The third-order valence-electron chi connectivity index (χ3n) is 16.0. The van der Waals surface area contributed by atoms with Crippen LogP contribution in [0, 0.1) is 0 Å². The maximum Gasteiger partial charge on any atom is 0.472 e. The topological polar surface area (TPSA) is 231 Å². The first kappa shape index (κ1) is 96.4. The van der Waals surface area contributed by atoms with E-state index in [0.717, 1.165) is 167 Å². The quantitative estimate of drug-likeness (QED) is 0.0146. The van der Waals surface area contributed by atoms with Crippen LogP contribution in [0.4, 0.5) is 0 Å². The molecule has 5 atom stereocenters. The lowest BCUT2D eigenvalue weighted by atomic mass is 10.0. The number of esters is 3. The Labute approximate surface area is 613 Å². The van der Waals surface area contributed by atoms with E-state index in [1.165, 1.54) is 77.0 Å². The van der Waals surface area contributed by atoms with Gasteiger partial charge in [-0.1, -0.05) is 295 Å². The van der Waals surface area contributed by atoms with E-state index in [2.05, 4.69) is 167 Å². The van der Waals surface area contributed by atoms with E-state index in [1.54, 1.807) is 0 Å². The number of carbonyl (C=O) groups is 3. The maximum atomic E-state index is 12.9. The van der Waals surface area contributed by atoms with E-state index in [4.69, 9.17) is 32.3 Å². The normalized spacial score (nSPS) is 14.8. The van der Waals surface area contributed by atoms with Gasteiger partial charge in [0.2, 0.25) is 0 Å². The molecule has 0 saturated heterocycles. The zero-order valence-corrected chi connectivity index (χ0v) is 64.8. The number of allylic oxidation sites excluding steroid dienone is 24. The van der Waals surface area contributed by atoms with Crippen molar-refractivity contribution in [3.05, 3.63) is 146 Å². The van der Waals surface area contributed by atoms with E-state index in [1.807, 2.05) is 0 Å². The maximum absolute atomic E-state index is 12.9. The third-order valence-corrected chi connectivity index (χ3v) is 17.9. The molecule has 0 aliphatic carbocycles. The molecule has 0 heterocycles. The van der Waals surface area contributed by atoms with Gasteiger partial charge < -0.3 is 34.2 Å². The van der Waals surface area contributed by atoms with Crippen LogP contribution < -0.4 is 0 Å². The summed E-state index contributed by atoms with van der Waals surface area (Å²) in [5.74, 6) is -1.61. The fraction of sp³-hybridized carbons (Fsp3) is 0.675. The standard InChI is InChI=1S/C83H140O16P2/c1-4-7-10-13-16-19-22-24-26-28-30-32-33-34-35-36-37-38-39-40-41-42-43-45-47-48-50-52-55-57-60-63-66-69-81(86)93-72-78(84)73-95-100(89,90)96-74-79(85)75-97-101(91,92)98-77-80(99-83(88)71-68-65-62-59-54-21-18-15-12-9-6-3)76-94-82(87)70-67-64-61-58-56-53-51-49-46-44-31-29-27-25-23-20-17-14-11-8-5-2/h7-8,10-11,15-20,24-27,30-32,34-35,37-38,44,49,51,78-80,84-85H,4-6,9,12-14,21-23,28-29,33,36,39-43,45-48,50,52-77H2,1-3H3,(H,89,90)(H,91,92)/b10-7-,11-8-,18-15-,19-16-,20-17-,26-24-,27-25-,32-30-,35-34-,38-37-,44-31-,51-49-. The van der Waals surface area contributed by atoms with E-state index in [-0.39, 0.29) is 19.3 Å². The van der Waals surface area contributed by atoms with Crippen LogP contribution >= 0.6 is 15.6 Å². The molecule has 4 N–H and O–H groups in total. The Hall–Kier alpha value is -4.57. The number of ether oxygens (including phenoxy) is 3. The minimum Gasteiger partial charge on any atom is -0.463 e. The minimum atomic E-state index is -4.93. The van der Waals surface area contributed by atoms with Crippen LogP contribution in [0.5, 0.6) is 0 Å². The molecule has 0 fully saturated rings. The van der Waals surface area contributed by atoms with Gasteiger partial charge in [-0.25, -0.2) is 9.13 Å². The molecule has 18 heteroatoms. The van der Waals surface area contributed by atoms with Crippen LogP contribution in [0.1, 0.15) is 303 Å². The molecule has 0 aromatic carbocycles. The van der Waals surface area contributed by atoms with Gasteiger partial charge in [0.1, 0.15) is 25.4 Å². The lowest BCUT2D eigenvalue weighted by Gasteiger charge is -2.21. The Morgan fingerprint density at radius 3 is 0.842 bits per heavy atom. The molecule has 0 spiro atoms. The summed E-state index contributed by atoms with van der Waals surface area (Å²) in [6.45, 7) is 2.37. The zero-order chi connectivity index (χ0) is 73.7. The van der Waals surface area contributed by atoms with Crippen molar-refractivity contribution in [1.82, 2.24) is 0 Å². The summed E-state index contributed by atoms with van der Waals surface area (Å²) in [4.78, 5) is 58.5. The monoisotopic (exact) mass is 1450 g/mol. The molecule has 0 amide bonds. The highest BCUT2D eigenvalue weighted by molar-refractivity contribution is 7.47. The van der Waals surface area contributed by atoms with Gasteiger partial charge in [-0.15, -0.1) is 0 Å². The molecule has 0 bridgehead atoms. The van der Waals surface area contributed by atoms with Crippen molar-refractivity contribution in [3.8, 4) is 0 Å². The SMILES string of the molecule is CC/C=C\C/C=C\C/C=C\C/C=C\C/C=C\C/C=C\CCCCCCCCCCCCCCCCC(=O)OCC(O)COP(=O)(O)OCC(O)COP(=O)(O)OCC(COC(=O)CCCCCCC/C=C\C/C=C\C/C=C\C/C=C\C/C=C\CC)OC(=O)CCCCCCC/C=C\CCCC. The number of aliphatic hydroxyl groups excluding tert-OH is 2. The molecule has 0 aromatic heterocycles. The highest BCUT2D eigenvalue weighted by Crippen LogP contribution is 2.45. The van der Waals surface area contributed by atoms with E-state index in [0.29, 0.717) is 19.3 Å². The molecular weight excluding hydrogens is 1310 g/mol. The first-order chi connectivity index (χ1) is 49.2. The van der Waals surface area contributed by atoms with Crippen molar-refractivity contribution in [2.45, 2.75) is 322 Å². The number of phosphoric ester groups is 2. The predicted molar refractivity (Wildman–Crippen MR) is 417 cm³/mol. The predicted octanol–water partition coefficient (Wildman–Crippen LogP) is 22.9. The fourth-order valence-corrected chi connectivity index (χ4v) is 11.7. The summed E-state index contributed by atoms with van der Waals surface area (Å²) in [6.07, 6.45) is 92.0. The third kappa shape index (κ3) is 76.4. The van der Waals surface area contributed by atoms with Gasteiger partial charge in [0, 0.05) is 19.3 Å². The first-order valence-electron chi connectivity index (χ1n) is 39.1. The van der Waals surface area contributed by atoms with Crippen LogP contribution in [0.15, 0.2) is 146 Å². The van der Waals surface area contributed by atoms with Crippen molar-refractivity contribution in [3.63, 3.8) is 0 Å². The fourth-order valence-electron chi connectivity index (χ4n) is 10.1. The smallest absolute Gasteiger partial charge is 0.463 e. The van der Waals surface area contributed by atoms with Gasteiger partial charge in [0.25, 0.3) is 0 Å². The van der Waals surface area contributed by atoms with Crippen LogP contribution in [0.3, 0.4) is 0 Å². The second-order valence-electron chi connectivity index (χ2n) is 25.7. The first-order valence-corrected chi connectivity index (χ1v) is 42.1. The summed E-state index contributed by atoms with van der Waals surface area (Å²) >= 11 is 0. The van der Waals surface area contributed by atoms with Crippen LogP contribution in [-0.4, -0.2) is 95.9 Å². The van der Waals surface area contributed by atoms with Gasteiger partial charge in [-0.05, 0) is 135 Å². The summed E-state index contributed by atoms with van der Waals surface area (Å²) in [5.41, 5.74) is 0. The van der Waals surface area contributed by atoms with Gasteiger partial charge >= 0.3 is 33.6 Å². The van der Waals surface area contributed by atoms with Crippen LogP contribution in [0.2, 0.25) is 0 Å². The molecular formula is C83H140O16P2. The lowest BCUT2D eigenvalue weighted by molar-refractivity contribution is -0.161. The number of rotatable bonds is 73. The number of carbonyl (C=O) groups excluding carboxylic acids is 3. The van der Waals surface area contributed by atoms with Crippen LogP contribution in [0.25, 0.3) is 0 Å². The Kier molecular flexibility index (Phi) is 71.7. The van der Waals surface area contributed by atoms with Crippen LogP contribution in [-0.2, 0) is 55.8 Å². The molecule has 0 aliphatic heterocycles. The summed E-state index contributed by atoms with van der Waals surface area (Å²) in [7, 11) is -9.79. The number of hydrogen-bond donors (Lipinski definition) is 4. The second kappa shape index (κ2) is 75.1. The summed E-state index contributed by atoms with van der Waals surface area (Å²) in [5, 5.41) is 20.6. The molecule has 16 nitrogen and oxygen atoms in total. The average molecular weight is 1460 g/mol. The molecule has 578 valence electrons. The van der Waals surface area contributed by atoms with Gasteiger partial charge in [0.15, 0.2) is 6.10 Å². The number of phosphoric acid groups is 2. The summed E-state index contributed by atoms with van der Waals surface area (Å²) < 4.78 is 61.0. The van der Waals surface area contributed by atoms with Crippen molar-refractivity contribution in [1.29, 1.82) is 0 Å². The number of hydrogen-bond acceptors (Lipinski definition) is 14. The Bertz CT molecular complexity index is 2420. The molecule has 0 rings (SSSR count). The highest BCUT2D eigenvalue weighted by atomic mass is 31.2. The Morgan fingerprint density at radius 2 is 0.525 bits per heavy atom. The lowest BCUT2D eigenvalue weighted by Crippen LogP contribution is -2.30. The summed E-state index contributed by atoms with van der Waals surface area (Å²) in [6, 6.07) is 0. The molecule has 0 radical (unpaired) electrons. The Balaban J connectivity index is 4.41. The van der Waals surface area contributed by atoms with Crippen molar-refractivity contribution >= 4 is 33.6 Å². The zero-order valence-electron chi connectivity index (χ0n) is 63.0. The highest BCUT2D eigenvalue weighted by Gasteiger charge is 2.29. The molecule has 0 aliphatic rings. The molecule has 5 unspecified atom stereocenters. The van der Waals surface area contributed by atoms with Crippen molar-refractivity contribution < 1.29 is 75.8 Å². The van der Waals surface area contributed by atoms with Gasteiger partial charge in [0.05, 0.1) is 26.4 Å². The molecule has 101 heavy (non-hydrogen) atoms. The van der Waals surface area contributed by atoms with E-state index in [9.17, 15) is 43.5 Å². The largest absolute Gasteiger partial charge is 0.472 e. The van der Waals surface area contributed by atoms with Gasteiger partial charge in [-0.3, -0.25) is 32.5 Å². The second-order valence-corrected chi connectivity index (χ2v) is 28.7. The minimum absolute atomic E-state index is 0.0866. The Morgan fingerprint density at radius 1 is 0.287 bits per heavy atom. The van der Waals surface area contributed by atoms with Crippen molar-refractivity contribution in [2.75, 3.05) is 39.6 Å². The number of aliphatic hydroxyl groups is 2. The van der Waals surface area contributed by atoms with E-state index < -0.39 is 91.5 Å². The molecule has 0 aromatic rings. The van der Waals surface area contributed by atoms with Crippen molar-refractivity contribution in [2.24, 2.45) is 0 Å². The molecule has 0 saturated carbocycles. The number of unbranched alkanes of at least 4 members (excludes halogenated alkanes) is 26.